The Kier molecular flexibility index (Phi) is 2.59. The molecule has 1 N–H and O–H groups in total. The molecule has 0 bridgehead atoms. The highest BCUT2D eigenvalue weighted by Gasteiger charge is 2.16. The second-order valence-corrected chi connectivity index (χ2v) is 3.54. The van der Waals surface area contributed by atoms with Crippen LogP contribution in [0.15, 0.2) is 18.2 Å². The second-order valence-electron chi connectivity index (χ2n) is 3.54. The molecule has 0 radical (unpaired) electrons. The van der Waals surface area contributed by atoms with Crippen LogP contribution >= 0.6 is 0 Å². The predicted molar refractivity (Wildman–Crippen MR) is 54.8 cm³/mol. The maximum absolute atomic E-state index is 5.70. The Morgan fingerprint density at radius 1 is 1.50 bits per heavy atom. The van der Waals surface area contributed by atoms with E-state index in [1.165, 1.54) is 0 Å². The SMILES string of the molecule is COc1cccc2c1OCC(C)NC2. The molecule has 1 aromatic carbocycles. The van der Waals surface area contributed by atoms with Crippen LogP contribution in [0.25, 0.3) is 0 Å². The smallest absolute Gasteiger partial charge is 0.165 e. The van der Waals surface area contributed by atoms with Gasteiger partial charge in [-0.15, -0.1) is 0 Å². The van der Waals surface area contributed by atoms with Crippen molar-refractivity contribution >= 4 is 0 Å². The van der Waals surface area contributed by atoms with Crippen molar-refractivity contribution in [1.82, 2.24) is 5.32 Å². The molecule has 3 nitrogen and oxygen atoms in total. The maximum Gasteiger partial charge on any atom is 0.165 e. The minimum absolute atomic E-state index is 0.382. The summed E-state index contributed by atoms with van der Waals surface area (Å²) in [7, 11) is 1.67. The normalized spacial score (nSPS) is 20.6. The Morgan fingerprint density at radius 2 is 2.36 bits per heavy atom. The van der Waals surface area contributed by atoms with Gasteiger partial charge in [0.15, 0.2) is 11.5 Å². The molecule has 1 atom stereocenters. The lowest BCUT2D eigenvalue weighted by molar-refractivity contribution is 0.272. The average Bonchev–Trinajstić information content (AvgIpc) is 2.41. The second kappa shape index (κ2) is 3.88. The Labute approximate surface area is 84.0 Å². The summed E-state index contributed by atoms with van der Waals surface area (Å²) in [5.41, 5.74) is 1.16. The molecule has 3 heteroatoms. The molecule has 0 saturated carbocycles. The van der Waals surface area contributed by atoms with Crippen LogP contribution in [0.1, 0.15) is 12.5 Å². The van der Waals surface area contributed by atoms with Crippen LogP contribution in [0.4, 0.5) is 0 Å². The summed E-state index contributed by atoms with van der Waals surface area (Å²) in [5, 5.41) is 3.37. The van der Waals surface area contributed by atoms with Gasteiger partial charge in [0.25, 0.3) is 0 Å². The largest absolute Gasteiger partial charge is 0.493 e. The van der Waals surface area contributed by atoms with Crippen molar-refractivity contribution in [2.75, 3.05) is 13.7 Å². The molecular weight excluding hydrogens is 178 g/mol. The van der Waals surface area contributed by atoms with E-state index < -0.39 is 0 Å². The fourth-order valence-corrected chi connectivity index (χ4v) is 1.58. The number of rotatable bonds is 1. The average molecular weight is 193 g/mol. The lowest BCUT2D eigenvalue weighted by Gasteiger charge is -2.11. The van der Waals surface area contributed by atoms with Gasteiger partial charge in [-0.1, -0.05) is 12.1 Å². The first-order valence-electron chi connectivity index (χ1n) is 4.83. The van der Waals surface area contributed by atoms with E-state index >= 15 is 0 Å². The molecule has 1 aliphatic heterocycles. The molecule has 0 amide bonds. The molecule has 1 aromatic rings. The van der Waals surface area contributed by atoms with Gasteiger partial charge in [-0.3, -0.25) is 0 Å². The number of methoxy groups -OCH3 is 1. The van der Waals surface area contributed by atoms with Crippen molar-refractivity contribution in [3.63, 3.8) is 0 Å². The number of hydrogen-bond donors (Lipinski definition) is 1. The lowest BCUT2D eigenvalue weighted by atomic mass is 10.2. The van der Waals surface area contributed by atoms with E-state index in [0.717, 1.165) is 23.6 Å². The molecule has 0 aromatic heterocycles. The molecule has 0 spiro atoms. The predicted octanol–water partition coefficient (Wildman–Crippen LogP) is 1.57. The number of fused-ring (bicyclic) bond motifs is 1. The molecule has 0 fully saturated rings. The van der Waals surface area contributed by atoms with Gasteiger partial charge < -0.3 is 14.8 Å². The van der Waals surface area contributed by atoms with Crippen LogP contribution in [-0.4, -0.2) is 19.8 Å². The Bertz CT molecular complexity index is 325. The van der Waals surface area contributed by atoms with Crippen LogP contribution in [0, 0.1) is 0 Å². The minimum Gasteiger partial charge on any atom is -0.493 e. The fraction of sp³-hybridized carbons (Fsp3) is 0.455. The molecular formula is C11H15NO2. The van der Waals surface area contributed by atoms with Gasteiger partial charge in [0.1, 0.15) is 6.61 Å². The maximum atomic E-state index is 5.70. The number of hydrogen-bond acceptors (Lipinski definition) is 3. The van der Waals surface area contributed by atoms with E-state index in [1.807, 2.05) is 12.1 Å². The van der Waals surface area contributed by atoms with Gasteiger partial charge in [0.2, 0.25) is 0 Å². The van der Waals surface area contributed by atoms with Crippen LogP contribution in [0.5, 0.6) is 11.5 Å². The standard InChI is InChI=1S/C11H15NO2/c1-8-7-14-11-9(6-12-8)4-3-5-10(11)13-2/h3-5,8,12H,6-7H2,1-2H3. The van der Waals surface area contributed by atoms with Crippen LogP contribution in [0.3, 0.4) is 0 Å². The van der Waals surface area contributed by atoms with Crippen LogP contribution in [0.2, 0.25) is 0 Å². The number of ether oxygens (including phenoxy) is 2. The zero-order valence-corrected chi connectivity index (χ0v) is 8.54. The molecule has 14 heavy (non-hydrogen) atoms. The Morgan fingerprint density at radius 3 is 3.14 bits per heavy atom. The van der Waals surface area contributed by atoms with Crippen molar-refractivity contribution in [2.45, 2.75) is 19.5 Å². The summed E-state index contributed by atoms with van der Waals surface area (Å²) in [6.07, 6.45) is 0. The first-order chi connectivity index (χ1) is 6.81. The summed E-state index contributed by atoms with van der Waals surface area (Å²) in [6, 6.07) is 6.35. The molecule has 1 heterocycles. The van der Waals surface area contributed by atoms with Crippen LogP contribution < -0.4 is 14.8 Å². The van der Waals surface area contributed by atoms with E-state index in [4.69, 9.17) is 9.47 Å². The van der Waals surface area contributed by atoms with E-state index in [2.05, 4.69) is 18.3 Å². The zero-order valence-electron chi connectivity index (χ0n) is 8.54. The first kappa shape index (κ1) is 9.34. The molecule has 76 valence electrons. The molecule has 1 unspecified atom stereocenters. The van der Waals surface area contributed by atoms with E-state index in [9.17, 15) is 0 Å². The van der Waals surface area contributed by atoms with Crippen molar-refractivity contribution in [3.05, 3.63) is 23.8 Å². The summed E-state index contributed by atoms with van der Waals surface area (Å²) >= 11 is 0. The first-order valence-corrected chi connectivity index (χ1v) is 4.83. The monoisotopic (exact) mass is 193 g/mol. The number of para-hydroxylation sites is 1. The Hall–Kier alpha value is -1.22. The van der Waals surface area contributed by atoms with E-state index in [0.29, 0.717) is 12.6 Å². The molecule has 2 rings (SSSR count). The van der Waals surface area contributed by atoms with Crippen LogP contribution in [-0.2, 0) is 6.54 Å². The molecule has 0 aliphatic carbocycles. The summed E-state index contributed by atoms with van der Waals surface area (Å²) < 4.78 is 10.9. The third-order valence-corrected chi connectivity index (χ3v) is 2.40. The number of benzene rings is 1. The van der Waals surface area contributed by atoms with E-state index in [1.54, 1.807) is 7.11 Å². The molecule has 1 aliphatic rings. The molecule has 0 saturated heterocycles. The van der Waals surface area contributed by atoms with Crippen molar-refractivity contribution < 1.29 is 9.47 Å². The third-order valence-electron chi connectivity index (χ3n) is 2.40. The highest BCUT2D eigenvalue weighted by molar-refractivity contribution is 5.47. The highest BCUT2D eigenvalue weighted by Crippen LogP contribution is 2.32. The quantitative estimate of drug-likeness (QED) is 0.734. The van der Waals surface area contributed by atoms with Gasteiger partial charge >= 0.3 is 0 Å². The zero-order chi connectivity index (χ0) is 9.97. The van der Waals surface area contributed by atoms with Gasteiger partial charge in [0.05, 0.1) is 7.11 Å². The highest BCUT2D eigenvalue weighted by atomic mass is 16.5. The van der Waals surface area contributed by atoms with Crippen molar-refractivity contribution in [1.29, 1.82) is 0 Å². The van der Waals surface area contributed by atoms with Gasteiger partial charge in [-0.05, 0) is 13.0 Å². The van der Waals surface area contributed by atoms with Crippen molar-refractivity contribution in [3.8, 4) is 11.5 Å². The van der Waals surface area contributed by atoms with E-state index in [-0.39, 0.29) is 0 Å². The van der Waals surface area contributed by atoms with Gasteiger partial charge in [-0.2, -0.15) is 0 Å². The minimum atomic E-state index is 0.382. The number of nitrogens with one attached hydrogen (secondary N) is 1. The van der Waals surface area contributed by atoms with Gasteiger partial charge in [-0.25, -0.2) is 0 Å². The topological polar surface area (TPSA) is 30.5 Å². The summed E-state index contributed by atoms with van der Waals surface area (Å²) in [4.78, 5) is 0. The third kappa shape index (κ3) is 1.68. The van der Waals surface area contributed by atoms with Gasteiger partial charge in [0, 0.05) is 18.2 Å². The Balaban J connectivity index is 2.35. The lowest BCUT2D eigenvalue weighted by Crippen LogP contribution is -2.28. The summed E-state index contributed by atoms with van der Waals surface area (Å²) in [5.74, 6) is 1.70. The van der Waals surface area contributed by atoms with Crippen molar-refractivity contribution in [2.24, 2.45) is 0 Å². The fourth-order valence-electron chi connectivity index (χ4n) is 1.58. The summed E-state index contributed by atoms with van der Waals surface area (Å²) in [6.45, 7) is 3.64.